The summed E-state index contributed by atoms with van der Waals surface area (Å²) in [4.78, 5) is 31.5. The molecule has 0 atom stereocenters. The summed E-state index contributed by atoms with van der Waals surface area (Å²) in [5, 5.41) is 29.9. The van der Waals surface area contributed by atoms with E-state index in [4.69, 9.17) is 11.6 Å². The second-order valence-electron chi connectivity index (χ2n) is 7.02. The number of anilines is 4. The zero-order chi connectivity index (χ0) is 26.6. The largest absolute Gasteiger partial charge is 0.378 e. The van der Waals surface area contributed by atoms with Crippen molar-refractivity contribution in [3.63, 3.8) is 0 Å². The number of nitro benzene ring substituents is 2. The van der Waals surface area contributed by atoms with E-state index in [1.165, 1.54) is 25.1 Å². The lowest BCUT2D eigenvalue weighted by Crippen LogP contribution is -2.17. The summed E-state index contributed by atoms with van der Waals surface area (Å²) < 4.78 is 46.2. The summed E-state index contributed by atoms with van der Waals surface area (Å²) in [6.07, 6.45) is 0. The molecule has 0 spiro atoms. The first-order valence-electron chi connectivity index (χ1n) is 9.72. The van der Waals surface area contributed by atoms with Crippen LogP contribution in [0.5, 0.6) is 0 Å². The topological polar surface area (TPSA) is 215 Å². The van der Waals surface area contributed by atoms with Crippen LogP contribution in [0.25, 0.3) is 0 Å². The van der Waals surface area contributed by atoms with Gasteiger partial charge in [0.1, 0.15) is 5.69 Å². The van der Waals surface area contributed by atoms with Crippen LogP contribution in [-0.4, -0.2) is 50.9 Å². The molecule has 2 aromatic carbocycles. The van der Waals surface area contributed by atoms with Crippen molar-refractivity contribution < 1.29 is 27.2 Å². The van der Waals surface area contributed by atoms with Crippen LogP contribution in [0.4, 0.5) is 39.0 Å². The Morgan fingerprint density at radius 1 is 1.00 bits per heavy atom. The Morgan fingerprint density at radius 3 is 2.28 bits per heavy atom. The summed E-state index contributed by atoms with van der Waals surface area (Å²) in [7, 11) is -4.46. The van der Waals surface area contributed by atoms with Crippen LogP contribution in [0.15, 0.2) is 35.2 Å². The molecule has 1 aromatic heterocycles. The van der Waals surface area contributed by atoms with Crippen molar-refractivity contribution in [3.05, 3.63) is 67.2 Å². The number of nitrogens with zero attached hydrogens (tertiary/aromatic N) is 5. The molecule has 3 rings (SSSR count). The van der Waals surface area contributed by atoms with Crippen LogP contribution < -0.4 is 16.0 Å². The van der Waals surface area contributed by atoms with Crippen LogP contribution in [-0.2, 0) is 10.1 Å². The lowest BCUT2D eigenvalue weighted by atomic mass is 10.2. The molecule has 0 unspecified atom stereocenters. The highest BCUT2D eigenvalue weighted by Gasteiger charge is 2.24. The van der Waals surface area contributed by atoms with E-state index in [2.05, 4.69) is 30.9 Å². The lowest BCUT2D eigenvalue weighted by Gasteiger charge is -2.11. The monoisotopic (exact) mass is 542 g/mol. The standard InChI is InChI=1S/C18H16ClFN8O7S/c1-9-2-3-10(6-15(9)36(33,34)35)23-18-25-16(19)24-17(26-18)22-5-4-21-12-7-11(20)13(27(29)30)8-14(12)28(31)32/h2-3,6-8,21H,4-5H2,1H3,(H,33,34,35)(H2,22,23,24,25,26). The highest BCUT2D eigenvalue weighted by atomic mass is 35.5. The Balaban J connectivity index is 1.69. The molecule has 0 aliphatic carbocycles. The molecule has 0 saturated carbocycles. The molecule has 0 aliphatic rings. The average molecular weight is 543 g/mol. The minimum atomic E-state index is -4.46. The zero-order valence-electron chi connectivity index (χ0n) is 18.1. The molecule has 0 bridgehead atoms. The third-order valence-electron chi connectivity index (χ3n) is 4.51. The molecular weight excluding hydrogens is 527 g/mol. The molecule has 3 aromatic rings. The number of nitrogens with one attached hydrogen (secondary N) is 3. The molecule has 0 aliphatic heterocycles. The fourth-order valence-corrected chi connectivity index (χ4v) is 3.84. The smallest absolute Gasteiger partial charge is 0.311 e. The van der Waals surface area contributed by atoms with E-state index >= 15 is 0 Å². The summed E-state index contributed by atoms with van der Waals surface area (Å²) in [5.41, 5.74) is -1.42. The van der Waals surface area contributed by atoms with Gasteiger partial charge in [-0.25, -0.2) is 0 Å². The minimum absolute atomic E-state index is 0.0141. The van der Waals surface area contributed by atoms with Gasteiger partial charge in [-0.2, -0.15) is 27.8 Å². The van der Waals surface area contributed by atoms with Crippen LogP contribution in [0.3, 0.4) is 0 Å². The van der Waals surface area contributed by atoms with E-state index in [1.807, 2.05) is 0 Å². The van der Waals surface area contributed by atoms with Crippen molar-refractivity contribution in [1.82, 2.24) is 15.0 Å². The lowest BCUT2D eigenvalue weighted by molar-refractivity contribution is -0.395. The molecule has 0 amide bonds. The fourth-order valence-electron chi connectivity index (χ4n) is 2.92. The number of hydrogen-bond donors (Lipinski definition) is 4. The van der Waals surface area contributed by atoms with Gasteiger partial charge < -0.3 is 16.0 Å². The maximum Gasteiger partial charge on any atom is 0.311 e. The van der Waals surface area contributed by atoms with Gasteiger partial charge in [-0.3, -0.25) is 24.8 Å². The molecule has 18 heteroatoms. The van der Waals surface area contributed by atoms with Gasteiger partial charge in [-0.05, 0) is 36.2 Å². The van der Waals surface area contributed by atoms with E-state index in [1.54, 1.807) is 0 Å². The summed E-state index contributed by atoms with van der Waals surface area (Å²) >= 11 is 5.90. The Bertz CT molecular complexity index is 1460. The maximum atomic E-state index is 13.9. The number of aromatic nitrogens is 3. The predicted octanol–water partition coefficient (Wildman–Crippen LogP) is 3.30. The van der Waals surface area contributed by atoms with Crippen LogP contribution in [0.1, 0.15) is 5.56 Å². The van der Waals surface area contributed by atoms with Gasteiger partial charge >= 0.3 is 5.69 Å². The predicted molar refractivity (Wildman–Crippen MR) is 126 cm³/mol. The molecular formula is C18H16ClFN8O7S. The third-order valence-corrected chi connectivity index (χ3v) is 5.68. The molecule has 190 valence electrons. The number of nitro groups is 2. The number of rotatable bonds is 10. The van der Waals surface area contributed by atoms with Crippen LogP contribution >= 0.6 is 11.6 Å². The van der Waals surface area contributed by atoms with Crippen molar-refractivity contribution in [2.24, 2.45) is 0 Å². The van der Waals surface area contributed by atoms with E-state index in [0.29, 0.717) is 17.7 Å². The van der Waals surface area contributed by atoms with Gasteiger partial charge in [-0.1, -0.05) is 6.07 Å². The molecule has 0 saturated heterocycles. The van der Waals surface area contributed by atoms with E-state index in [-0.39, 0.29) is 46.5 Å². The molecule has 15 nitrogen and oxygen atoms in total. The van der Waals surface area contributed by atoms with Crippen molar-refractivity contribution in [3.8, 4) is 0 Å². The second-order valence-corrected chi connectivity index (χ2v) is 8.75. The van der Waals surface area contributed by atoms with Gasteiger partial charge in [0.05, 0.1) is 20.8 Å². The molecule has 4 N–H and O–H groups in total. The van der Waals surface area contributed by atoms with E-state index in [9.17, 15) is 37.6 Å². The normalized spacial score (nSPS) is 11.1. The molecule has 0 fully saturated rings. The molecule has 0 radical (unpaired) electrons. The van der Waals surface area contributed by atoms with Crippen molar-refractivity contribution in [2.75, 3.05) is 29.0 Å². The first-order chi connectivity index (χ1) is 16.8. The maximum absolute atomic E-state index is 13.9. The van der Waals surface area contributed by atoms with Crippen molar-refractivity contribution >= 4 is 56.4 Å². The van der Waals surface area contributed by atoms with Crippen LogP contribution in [0, 0.1) is 33.0 Å². The van der Waals surface area contributed by atoms with E-state index < -0.39 is 37.2 Å². The molecule has 1 heterocycles. The van der Waals surface area contributed by atoms with Gasteiger partial charge in [0, 0.05) is 24.8 Å². The Labute approximate surface area is 206 Å². The number of aryl methyl sites for hydroxylation is 1. The second kappa shape index (κ2) is 10.6. The Morgan fingerprint density at radius 2 is 1.64 bits per heavy atom. The Hall–Kier alpha value is -4.22. The average Bonchev–Trinajstić information content (AvgIpc) is 2.76. The van der Waals surface area contributed by atoms with Gasteiger partial charge in [0.25, 0.3) is 15.8 Å². The van der Waals surface area contributed by atoms with Gasteiger partial charge in [-0.15, -0.1) is 0 Å². The summed E-state index contributed by atoms with van der Waals surface area (Å²) in [5.74, 6) is -1.33. The first kappa shape index (κ1) is 26.4. The molecule has 36 heavy (non-hydrogen) atoms. The summed E-state index contributed by atoms with van der Waals surface area (Å²) in [6, 6.07) is 5.33. The first-order valence-corrected chi connectivity index (χ1v) is 11.5. The minimum Gasteiger partial charge on any atom is -0.378 e. The van der Waals surface area contributed by atoms with Crippen molar-refractivity contribution in [2.45, 2.75) is 11.8 Å². The van der Waals surface area contributed by atoms with Gasteiger partial charge in [0.15, 0.2) is 0 Å². The number of benzene rings is 2. The highest BCUT2D eigenvalue weighted by molar-refractivity contribution is 7.85. The summed E-state index contributed by atoms with van der Waals surface area (Å²) in [6.45, 7) is 1.54. The van der Waals surface area contributed by atoms with Crippen LogP contribution in [0.2, 0.25) is 5.28 Å². The van der Waals surface area contributed by atoms with Crippen molar-refractivity contribution in [1.29, 1.82) is 0 Å². The number of halogens is 2. The van der Waals surface area contributed by atoms with E-state index in [0.717, 1.165) is 0 Å². The SMILES string of the molecule is Cc1ccc(Nc2nc(Cl)nc(NCCNc3cc(F)c([N+](=O)[O-])cc3[N+](=O)[O-])n2)cc1S(=O)(=O)O. The number of hydrogen-bond acceptors (Lipinski definition) is 12. The quantitative estimate of drug-likeness (QED) is 0.125. The van der Waals surface area contributed by atoms with Gasteiger partial charge in [0.2, 0.25) is 23.0 Å². The third kappa shape index (κ3) is 6.46. The Kier molecular flexibility index (Phi) is 7.76. The zero-order valence-corrected chi connectivity index (χ0v) is 19.7. The fraction of sp³-hybridized carbons (Fsp3) is 0.167. The highest BCUT2D eigenvalue weighted by Crippen LogP contribution is 2.31.